The van der Waals surface area contributed by atoms with Crippen LogP contribution in [0.2, 0.25) is 0 Å². The van der Waals surface area contributed by atoms with E-state index < -0.39 is 17.7 Å². The van der Waals surface area contributed by atoms with Crippen LogP contribution in [0.1, 0.15) is 17.2 Å². The summed E-state index contributed by atoms with van der Waals surface area (Å²) in [4.78, 5) is 32.7. The van der Waals surface area contributed by atoms with Crippen molar-refractivity contribution >= 4 is 60.1 Å². The van der Waals surface area contributed by atoms with E-state index in [4.69, 9.17) is 9.47 Å². The molecular weight excluding hydrogens is 532 g/mol. The summed E-state index contributed by atoms with van der Waals surface area (Å²) in [6.07, 6.45) is 0. The van der Waals surface area contributed by atoms with Crippen LogP contribution < -0.4 is 14.4 Å². The third-order valence-corrected chi connectivity index (χ3v) is 7.27. The van der Waals surface area contributed by atoms with Gasteiger partial charge in [0.15, 0.2) is 16.6 Å². The lowest BCUT2D eigenvalue weighted by atomic mass is 9.95. The van der Waals surface area contributed by atoms with E-state index in [1.807, 2.05) is 18.2 Å². The van der Waals surface area contributed by atoms with Gasteiger partial charge in [-0.15, -0.1) is 0 Å². The molecule has 1 aliphatic heterocycles. The minimum atomic E-state index is -0.918. The van der Waals surface area contributed by atoms with Crippen LogP contribution in [0.5, 0.6) is 11.5 Å². The van der Waals surface area contributed by atoms with Gasteiger partial charge in [-0.25, -0.2) is 4.98 Å². The zero-order chi connectivity index (χ0) is 24.7. The number of amides is 1. The molecule has 0 bridgehead atoms. The molecule has 0 radical (unpaired) electrons. The summed E-state index contributed by atoms with van der Waals surface area (Å²) in [6.45, 7) is 0. The van der Waals surface area contributed by atoms with Crippen LogP contribution >= 0.6 is 27.3 Å². The largest absolute Gasteiger partial charge is 0.507 e. The van der Waals surface area contributed by atoms with Crippen LogP contribution in [0.15, 0.2) is 76.8 Å². The Labute approximate surface area is 213 Å². The molecule has 1 atom stereocenters. The Bertz CT molecular complexity index is 1500. The fourth-order valence-electron chi connectivity index (χ4n) is 4.11. The summed E-state index contributed by atoms with van der Waals surface area (Å²) in [5.74, 6) is -0.869. The van der Waals surface area contributed by atoms with Crippen molar-refractivity contribution in [2.45, 2.75) is 6.04 Å². The fourth-order valence-corrected chi connectivity index (χ4v) is 5.65. The number of methoxy groups -OCH3 is 2. The minimum Gasteiger partial charge on any atom is -0.507 e. The molecule has 176 valence electrons. The van der Waals surface area contributed by atoms with Crippen LogP contribution in [0, 0.1) is 0 Å². The first-order valence-corrected chi connectivity index (χ1v) is 12.2. The predicted octanol–water partition coefficient (Wildman–Crippen LogP) is 5.70. The number of benzene rings is 3. The van der Waals surface area contributed by atoms with Crippen molar-refractivity contribution in [2.75, 3.05) is 19.1 Å². The molecule has 5 rings (SSSR count). The van der Waals surface area contributed by atoms with Gasteiger partial charge >= 0.3 is 5.91 Å². The molecule has 1 aliphatic rings. The first kappa shape index (κ1) is 23.1. The first-order valence-electron chi connectivity index (χ1n) is 10.6. The molecule has 1 amide bonds. The molecule has 0 saturated carbocycles. The van der Waals surface area contributed by atoms with Crippen LogP contribution in [-0.2, 0) is 9.59 Å². The number of nitrogens with zero attached hydrogens (tertiary/aromatic N) is 2. The highest BCUT2D eigenvalue weighted by Crippen LogP contribution is 2.46. The predicted molar refractivity (Wildman–Crippen MR) is 138 cm³/mol. The average molecular weight is 551 g/mol. The Balaban J connectivity index is 1.75. The van der Waals surface area contributed by atoms with Gasteiger partial charge in [0.1, 0.15) is 5.76 Å². The number of anilines is 1. The van der Waals surface area contributed by atoms with Crippen LogP contribution in [0.3, 0.4) is 0 Å². The zero-order valence-electron chi connectivity index (χ0n) is 18.7. The normalized spacial score (nSPS) is 17.2. The number of ether oxygens (including phenoxy) is 2. The van der Waals surface area contributed by atoms with Gasteiger partial charge in [-0.1, -0.05) is 63.7 Å². The number of hydrogen-bond donors (Lipinski definition) is 1. The van der Waals surface area contributed by atoms with Crippen molar-refractivity contribution in [3.05, 3.63) is 87.9 Å². The Morgan fingerprint density at radius 3 is 2.46 bits per heavy atom. The molecule has 9 heteroatoms. The maximum absolute atomic E-state index is 13.4. The van der Waals surface area contributed by atoms with Crippen molar-refractivity contribution in [1.82, 2.24) is 4.98 Å². The molecule has 0 aliphatic carbocycles. The number of rotatable bonds is 5. The van der Waals surface area contributed by atoms with E-state index in [9.17, 15) is 14.7 Å². The number of aromatic nitrogens is 1. The second-order valence-corrected chi connectivity index (χ2v) is 9.68. The maximum Gasteiger partial charge on any atom is 0.301 e. The Kier molecular flexibility index (Phi) is 6.04. The molecule has 0 unspecified atom stereocenters. The molecule has 4 aromatic rings. The number of thiazole rings is 1. The van der Waals surface area contributed by atoms with Crippen molar-refractivity contribution < 1.29 is 24.2 Å². The van der Waals surface area contributed by atoms with Gasteiger partial charge in [0.05, 0.1) is 36.1 Å². The molecule has 35 heavy (non-hydrogen) atoms. The van der Waals surface area contributed by atoms with Crippen molar-refractivity contribution in [1.29, 1.82) is 0 Å². The number of aliphatic hydroxyl groups is 1. The molecule has 1 aromatic heterocycles. The number of aliphatic hydroxyl groups excluding tert-OH is 1. The third-order valence-electron chi connectivity index (χ3n) is 5.76. The quantitative estimate of drug-likeness (QED) is 0.195. The Hall–Kier alpha value is -3.69. The first-order chi connectivity index (χ1) is 16.9. The number of carbonyl (C=O) groups excluding carboxylic acids is 2. The second kappa shape index (κ2) is 9.16. The summed E-state index contributed by atoms with van der Waals surface area (Å²) in [7, 11) is 3.03. The summed E-state index contributed by atoms with van der Waals surface area (Å²) in [6, 6.07) is 18.5. The molecule has 1 N–H and O–H groups in total. The highest BCUT2D eigenvalue weighted by Gasteiger charge is 2.48. The van der Waals surface area contributed by atoms with Gasteiger partial charge < -0.3 is 14.6 Å². The van der Waals surface area contributed by atoms with Gasteiger partial charge in [0, 0.05) is 10.0 Å². The summed E-state index contributed by atoms with van der Waals surface area (Å²) in [5, 5.41) is 11.6. The molecule has 3 aromatic carbocycles. The van der Waals surface area contributed by atoms with Gasteiger partial charge in [-0.3, -0.25) is 14.5 Å². The van der Waals surface area contributed by atoms with Crippen molar-refractivity contribution in [2.24, 2.45) is 0 Å². The van der Waals surface area contributed by atoms with Crippen LogP contribution in [0.4, 0.5) is 5.13 Å². The molecule has 0 spiro atoms. The zero-order valence-corrected chi connectivity index (χ0v) is 21.1. The van der Waals surface area contributed by atoms with E-state index in [-0.39, 0.29) is 11.3 Å². The van der Waals surface area contributed by atoms with E-state index in [0.717, 1.165) is 9.17 Å². The minimum absolute atomic E-state index is 0.0196. The lowest BCUT2D eigenvalue weighted by Crippen LogP contribution is -2.29. The van der Waals surface area contributed by atoms with E-state index in [2.05, 4.69) is 20.9 Å². The smallest absolute Gasteiger partial charge is 0.301 e. The van der Waals surface area contributed by atoms with Crippen LogP contribution in [-0.4, -0.2) is 36.0 Å². The number of ketones is 1. The number of fused-ring (bicyclic) bond motifs is 1. The van der Waals surface area contributed by atoms with E-state index >= 15 is 0 Å². The van der Waals surface area contributed by atoms with Gasteiger partial charge in [-0.05, 0) is 35.9 Å². The topological polar surface area (TPSA) is 89.0 Å². The van der Waals surface area contributed by atoms with Crippen molar-refractivity contribution in [3.63, 3.8) is 0 Å². The molecule has 7 nitrogen and oxygen atoms in total. The highest BCUT2D eigenvalue weighted by molar-refractivity contribution is 9.10. The SMILES string of the molecule is COc1ccc([C@H]2C(=C(O)c3ccccc3)C(=O)C(=O)N2c2nc3ccc(Br)cc3s2)cc1OC. The second-order valence-electron chi connectivity index (χ2n) is 7.76. The Morgan fingerprint density at radius 1 is 1.00 bits per heavy atom. The molecule has 1 fully saturated rings. The lowest BCUT2D eigenvalue weighted by Gasteiger charge is -2.23. The monoisotopic (exact) mass is 550 g/mol. The summed E-state index contributed by atoms with van der Waals surface area (Å²) in [5.41, 5.74) is 1.68. The third kappa shape index (κ3) is 3.96. The summed E-state index contributed by atoms with van der Waals surface area (Å²) >= 11 is 4.75. The highest BCUT2D eigenvalue weighted by atomic mass is 79.9. The molecule has 2 heterocycles. The number of carbonyl (C=O) groups is 2. The lowest BCUT2D eigenvalue weighted by molar-refractivity contribution is -0.132. The molecule has 1 saturated heterocycles. The maximum atomic E-state index is 13.4. The fraction of sp³-hybridized carbons (Fsp3) is 0.115. The Morgan fingerprint density at radius 2 is 1.74 bits per heavy atom. The number of hydrogen-bond acceptors (Lipinski definition) is 7. The van der Waals surface area contributed by atoms with Gasteiger partial charge in [0.2, 0.25) is 0 Å². The van der Waals surface area contributed by atoms with Gasteiger partial charge in [-0.2, -0.15) is 0 Å². The standard InChI is InChI=1S/C26H19BrN2O5S/c1-33-18-11-8-15(12-19(18)34-2)22-21(23(30)14-6-4-3-5-7-14)24(31)25(32)29(22)26-28-17-10-9-16(27)13-20(17)35-26/h3-13,22,30H,1-2H3/t22-/m0/s1. The summed E-state index contributed by atoms with van der Waals surface area (Å²) < 4.78 is 12.5. The van der Waals surface area contributed by atoms with E-state index in [1.165, 1.54) is 30.5 Å². The van der Waals surface area contributed by atoms with Crippen molar-refractivity contribution in [3.8, 4) is 11.5 Å². The van der Waals surface area contributed by atoms with Gasteiger partial charge in [0.25, 0.3) is 5.78 Å². The van der Waals surface area contributed by atoms with Crippen LogP contribution in [0.25, 0.3) is 16.0 Å². The van der Waals surface area contributed by atoms with E-state index in [0.29, 0.717) is 33.3 Å². The number of halogens is 1. The van der Waals surface area contributed by atoms with E-state index in [1.54, 1.807) is 48.5 Å². The average Bonchev–Trinajstić information content (AvgIpc) is 3.41. The molecular formula is C26H19BrN2O5S. The number of Topliss-reactive ketones (excluding diaryl/α,β-unsaturated/α-hetero) is 1.